The number of methoxy groups -OCH3 is 1. The zero-order chi connectivity index (χ0) is 25.8. The third kappa shape index (κ3) is 5.60. The van der Waals surface area contributed by atoms with Crippen molar-refractivity contribution in [1.29, 1.82) is 0 Å². The summed E-state index contributed by atoms with van der Waals surface area (Å²) in [4.78, 5) is 33.2. The second-order valence-electron chi connectivity index (χ2n) is 8.97. The van der Waals surface area contributed by atoms with Crippen molar-refractivity contribution in [1.82, 2.24) is 10.2 Å². The lowest BCUT2D eigenvalue weighted by Gasteiger charge is -2.36. The molecule has 0 fully saturated rings. The fourth-order valence-electron chi connectivity index (χ4n) is 4.10. The predicted octanol–water partition coefficient (Wildman–Crippen LogP) is 5.72. The molecule has 2 N–H and O–H groups in total. The highest BCUT2D eigenvalue weighted by Crippen LogP contribution is 2.45. The van der Waals surface area contributed by atoms with Gasteiger partial charge in [-0.05, 0) is 48.1 Å². The van der Waals surface area contributed by atoms with E-state index in [9.17, 15) is 9.59 Å². The van der Waals surface area contributed by atoms with E-state index in [-0.39, 0.29) is 18.2 Å². The highest BCUT2D eigenvalue weighted by Gasteiger charge is 2.40. The number of hydrogen-bond acceptors (Lipinski definition) is 6. The molecule has 7 nitrogen and oxygen atoms in total. The Balaban J connectivity index is 1.70. The Labute approximate surface area is 220 Å². The molecule has 2 heterocycles. The fraction of sp³-hybridized carbons (Fsp3) is 0.296. The van der Waals surface area contributed by atoms with Crippen LogP contribution in [0, 0.1) is 5.92 Å². The molecule has 0 radical (unpaired) electrons. The first-order chi connectivity index (χ1) is 17.3. The second kappa shape index (κ2) is 11.2. The number of anilines is 1. The number of fused-ring (bicyclic) bond motifs is 1. The number of carbonyl (C=O) groups excluding carboxylic acids is 2. The minimum atomic E-state index is -0.483. The number of amides is 2. The van der Waals surface area contributed by atoms with Crippen LogP contribution in [-0.2, 0) is 9.59 Å². The van der Waals surface area contributed by atoms with E-state index in [0.29, 0.717) is 40.2 Å². The monoisotopic (exact) mass is 524 g/mol. The van der Waals surface area contributed by atoms with Gasteiger partial charge >= 0.3 is 0 Å². The number of carbonyl (C=O) groups is 2. The molecule has 0 saturated heterocycles. The summed E-state index contributed by atoms with van der Waals surface area (Å²) in [6.45, 7) is 6.54. The van der Waals surface area contributed by atoms with E-state index in [1.165, 1.54) is 11.8 Å². The van der Waals surface area contributed by atoms with Crippen LogP contribution in [0.1, 0.15) is 38.8 Å². The minimum absolute atomic E-state index is 0.0713. The quantitative estimate of drug-likeness (QED) is 0.461. The first-order valence-corrected chi connectivity index (χ1v) is 12.9. The predicted molar refractivity (Wildman–Crippen MR) is 146 cm³/mol. The summed E-state index contributed by atoms with van der Waals surface area (Å²) < 4.78 is 5.41. The number of nitrogens with zero attached hydrogens (tertiary/aromatic N) is 2. The van der Waals surface area contributed by atoms with E-state index in [1.807, 2.05) is 41.5 Å². The number of amidine groups is 1. The van der Waals surface area contributed by atoms with Gasteiger partial charge in [0.05, 0.1) is 36.5 Å². The van der Waals surface area contributed by atoms with E-state index in [4.69, 9.17) is 21.3 Å². The molecule has 4 rings (SSSR count). The van der Waals surface area contributed by atoms with Crippen molar-refractivity contribution >= 4 is 46.0 Å². The Bertz CT molecular complexity index is 1250. The fourth-order valence-corrected chi connectivity index (χ4v) is 5.19. The summed E-state index contributed by atoms with van der Waals surface area (Å²) in [6.07, 6.45) is 0.184. The smallest absolute Gasteiger partial charge is 0.256 e. The van der Waals surface area contributed by atoms with Crippen LogP contribution in [0.25, 0.3) is 0 Å². The highest BCUT2D eigenvalue weighted by atomic mass is 35.5. The maximum atomic E-state index is 13.7. The molecule has 36 heavy (non-hydrogen) atoms. The Morgan fingerprint density at radius 2 is 1.89 bits per heavy atom. The van der Waals surface area contributed by atoms with Gasteiger partial charge in [-0.2, -0.15) is 0 Å². The van der Waals surface area contributed by atoms with Crippen LogP contribution in [0.4, 0.5) is 5.69 Å². The van der Waals surface area contributed by atoms with Gasteiger partial charge in [0.25, 0.3) is 5.91 Å². The first-order valence-electron chi connectivity index (χ1n) is 11.7. The number of halogens is 1. The number of allylic oxidation sites excluding steroid dienone is 1. The molecular formula is C27H29ClN4O3S. The largest absolute Gasteiger partial charge is 0.495 e. The van der Waals surface area contributed by atoms with Gasteiger partial charge in [-0.3, -0.25) is 9.59 Å². The molecule has 188 valence electrons. The van der Waals surface area contributed by atoms with Crippen LogP contribution in [0.5, 0.6) is 5.75 Å². The van der Waals surface area contributed by atoms with Crippen LogP contribution in [0.2, 0.25) is 5.02 Å². The molecule has 2 aromatic carbocycles. The number of rotatable bonds is 8. The SMILES string of the molecule is COc1ccccc1NC(=O)C1=C(C)N=C2SC=C(CC(=O)NCC(C)C)N2C1c1ccc(Cl)cc1. The van der Waals surface area contributed by atoms with E-state index < -0.39 is 6.04 Å². The molecule has 9 heteroatoms. The lowest BCUT2D eigenvalue weighted by Crippen LogP contribution is -2.39. The van der Waals surface area contributed by atoms with E-state index in [2.05, 4.69) is 24.5 Å². The average molecular weight is 525 g/mol. The molecule has 2 amide bonds. The topological polar surface area (TPSA) is 83.0 Å². The Morgan fingerprint density at radius 1 is 1.17 bits per heavy atom. The zero-order valence-electron chi connectivity index (χ0n) is 20.7. The number of nitrogens with one attached hydrogen (secondary N) is 2. The Kier molecular flexibility index (Phi) is 8.06. The van der Waals surface area contributed by atoms with Gasteiger partial charge in [0.15, 0.2) is 5.17 Å². The van der Waals surface area contributed by atoms with Crippen molar-refractivity contribution < 1.29 is 14.3 Å². The third-order valence-electron chi connectivity index (χ3n) is 5.84. The maximum absolute atomic E-state index is 13.7. The third-order valence-corrected chi connectivity index (χ3v) is 6.98. The standard InChI is InChI=1S/C27H29ClN4O3S/c1-16(2)14-29-23(33)13-20-15-36-27-30-17(3)24(25(32(20)27)18-9-11-19(28)12-10-18)26(34)31-21-7-5-6-8-22(21)35-4/h5-12,15-16,25H,13-14H2,1-4H3,(H,29,33)(H,31,34). The van der Waals surface area contributed by atoms with E-state index in [0.717, 1.165) is 16.4 Å². The van der Waals surface area contributed by atoms with Gasteiger partial charge < -0.3 is 20.3 Å². The minimum Gasteiger partial charge on any atom is -0.495 e. The highest BCUT2D eigenvalue weighted by molar-refractivity contribution is 8.16. The molecule has 2 aliphatic rings. The molecular weight excluding hydrogens is 496 g/mol. The number of aliphatic imine (C=N–C) groups is 1. The lowest BCUT2D eigenvalue weighted by atomic mass is 9.93. The molecule has 1 unspecified atom stereocenters. The van der Waals surface area contributed by atoms with E-state index in [1.54, 1.807) is 31.4 Å². The van der Waals surface area contributed by atoms with Crippen molar-refractivity contribution in [3.63, 3.8) is 0 Å². The Hall–Kier alpha value is -3.23. The van der Waals surface area contributed by atoms with Crippen molar-refractivity contribution in [2.45, 2.75) is 33.2 Å². The Morgan fingerprint density at radius 3 is 2.58 bits per heavy atom. The van der Waals surface area contributed by atoms with Crippen molar-refractivity contribution in [3.8, 4) is 5.75 Å². The van der Waals surface area contributed by atoms with E-state index >= 15 is 0 Å². The van der Waals surface area contributed by atoms with Gasteiger partial charge in [-0.25, -0.2) is 4.99 Å². The van der Waals surface area contributed by atoms with Crippen LogP contribution in [0.15, 0.2) is 75.9 Å². The summed E-state index contributed by atoms with van der Waals surface area (Å²) in [5.74, 6) is 0.551. The van der Waals surface area contributed by atoms with Crippen molar-refractivity contribution in [2.75, 3.05) is 19.0 Å². The zero-order valence-corrected chi connectivity index (χ0v) is 22.2. The molecule has 0 bridgehead atoms. The van der Waals surface area contributed by atoms with Gasteiger partial charge in [-0.15, -0.1) is 0 Å². The molecule has 2 aliphatic heterocycles. The molecule has 0 aliphatic carbocycles. The number of ether oxygens (including phenoxy) is 1. The van der Waals surface area contributed by atoms with Gasteiger partial charge in [0.1, 0.15) is 5.75 Å². The van der Waals surface area contributed by atoms with Crippen molar-refractivity contribution in [2.24, 2.45) is 10.9 Å². The van der Waals surface area contributed by atoms with Crippen LogP contribution in [-0.4, -0.2) is 35.5 Å². The van der Waals surface area contributed by atoms with Gasteiger partial charge in [0.2, 0.25) is 5.91 Å². The van der Waals surface area contributed by atoms with Crippen LogP contribution < -0.4 is 15.4 Å². The van der Waals surface area contributed by atoms with Crippen LogP contribution >= 0.6 is 23.4 Å². The molecule has 0 spiro atoms. The van der Waals surface area contributed by atoms with Gasteiger partial charge in [0, 0.05) is 17.3 Å². The lowest BCUT2D eigenvalue weighted by molar-refractivity contribution is -0.120. The van der Waals surface area contributed by atoms with Gasteiger partial charge in [-0.1, -0.05) is 61.5 Å². The summed E-state index contributed by atoms with van der Waals surface area (Å²) in [5, 5.41) is 9.23. The summed E-state index contributed by atoms with van der Waals surface area (Å²) >= 11 is 7.63. The summed E-state index contributed by atoms with van der Waals surface area (Å²) in [7, 11) is 1.56. The normalized spacial score (nSPS) is 16.9. The molecule has 0 saturated carbocycles. The molecule has 0 aromatic heterocycles. The van der Waals surface area contributed by atoms with Crippen LogP contribution in [0.3, 0.4) is 0 Å². The molecule has 1 atom stereocenters. The number of benzene rings is 2. The number of para-hydroxylation sites is 2. The number of hydrogen-bond donors (Lipinski definition) is 2. The summed E-state index contributed by atoms with van der Waals surface area (Å²) in [5.41, 5.74) is 3.32. The second-order valence-corrected chi connectivity index (χ2v) is 10.2. The average Bonchev–Trinajstić information content (AvgIpc) is 3.24. The summed E-state index contributed by atoms with van der Waals surface area (Å²) in [6, 6.07) is 14.2. The number of thioether (sulfide) groups is 1. The molecule has 2 aromatic rings. The maximum Gasteiger partial charge on any atom is 0.256 e. The van der Waals surface area contributed by atoms with Crippen molar-refractivity contribution in [3.05, 3.63) is 81.5 Å². The first kappa shape index (κ1) is 25.9.